The number of amides is 1. The molecule has 3 rings (SSSR count). The largest absolute Gasteiger partial charge is 0.490 e. The zero-order valence-electron chi connectivity index (χ0n) is 20.8. The molecule has 3 heterocycles. The van der Waals surface area contributed by atoms with Gasteiger partial charge in [-0.05, 0) is 49.3 Å². The molecular formula is C23H26F6N4O6. The van der Waals surface area contributed by atoms with Crippen LogP contribution < -0.4 is 0 Å². The number of hydrogen-bond acceptors (Lipinski definition) is 7. The molecule has 16 heteroatoms. The van der Waals surface area contributed by atoms with Crippen molar-refractivity contribution in [2.24, 2.45) is 0 Å². The van der Waals surface area contributed by atoms with E-state index in [4.69, 9.17) is 24.5 Å². The lowest BCUT2D eigenvalue weighted by molar-refractivity contribution is -0.193. The van der Waals surface area contributed by atoms with Crippen LogP contribution in [0.1, 0.15) is 27.2 Å². The maximum atomic E-state index is 12.6. The fraction of sp³-hybridized carbons (Fsp3) is 0.435. The second kappa shape index (κ2) is 15.0. The van der Waals surface area contributed by atoms with E-state index in [1.807, 2.05) is 43.5 Å². The van der Waals surface area contributed by atoms with Gasteiger partial charge in [0.25, 0.3) is 5.91 Å². The van der Waals surface area contributed by atoms with E-state index in [0.29, 0.717) is 32.0 Å². The number of likely N-dealkylation sites (N-methyl/N-ethyl adjacent to an activating group) is 1. The van der Waals surface area contributed by atoms with Crippen molar-refractivity contribution in [1.82, 2.24) is 19.8 Å². The molecule has 0 unspecified atom stereocenters. The Bertz CT molecular complexity index is 1070. The molecule has 0 aliphatic carbocycles. The van der Waals surface area contributed by atoms with Crippen LogP contribution in [0.25, 0.3) is 0 Å². The van der Waals surface area contributed by atoms with Gasteiger partial charge in [0.05, 0.1) is 13.2 Å². The number of pyridine rings is 2. The lowest BCUT2D eigenvalue weighted by atomic mass is 9.97. The van der Waals surface area contributed by atoms with Crippen LogP contribution in [0, 0.1) is 0 Å². The van der Waals surface area contributed by atoms with Gasteiger partial charge in [0, 0.05) is 38.2 Å². The summed E-state index contributed by atoms with van der Waals surface area (Å²) in [7, 11) is 4.06. The monoisotopic (exact) mass is 568 g/mol. The average Bonchev–Trinajstić information content (AvgIpc) is 2.86. The van der Waals surface area contributed by atoms with Crippen LogP contribution in [0.4, 0.5) is 26.3 Å². The van der Waals surface area contributed by atoms with Gasteiger partial charge in [-0.1, -0.05) is 6.07 Å². The Morgan fingerprint density at radius 1 is 1.03 bits per heavy atom. The Morgan fingerprint density at radius 2 is 1.62 bits per heavy atom. The first-order chi connectivity index (χ1) is 18.0. The Balaban J connectivity index is 0.000000449. The number of fused-ring (bicyclic) bond motifs is 1. The number of carbonyl (C=O) groups excluding carboxylic acids is 1. The molecule has 0 aromatic carbocycles. The fourth-order valence-electron chi connectivity index (χ4n) is 2.95. The van der Waals surface area contributed by atoms with Crippen LogP contribution in [0.15, 0.2) is 36.8 Å². The Kier molecular flexibility index (Phi) is 12.8. The van der Waals surface area contributed by atoms with Gasteiger partial charge < -0.3 is 24.7 Å². The highest BCUT2D eigenvalue weighted by Gasteiger charge is 2.38. The summed E-state index contributed by atoms with van der Waals surface area (Å²) in [6, 6.07) is 5.41. The molecule has 0 spiro atoms. The quantitative estimate of drug-likeness (QED) is 0.399. The van der Waals surface area contributed by atoms with Crippen LogP contribution in [0.3, 0.4) is 0 Å². The summed E-state index contributed by atoms with van der Waals surface area (Å²) in [5, 5.41) is 14.2. The number of aliphatic carboxylic acids is 2. The van der Waals surface area contributed by atoms with E-state index >= 15 is 0 Å². The molecule has 10 nitrogen and oxygen atoms in total. The van der Waals surface area contributed by atoms with E-state index < -0.39 is 24.3 Å². The minimum absolute atomic E-state index is 0.0288. The zero-order chi connectivity index (χ0) is 29.8. The number of rotatable bonds is 6. The molecule has 0 radical (unpaired) electrons. The third-order valence-corrected chi connectivity index (χ3v) is 4.83. The summed E-state index contributed by atoms with van der Waals surface area (Å²) in [5.41, 5.74) is 3.98. The van der Waals surface area contributed by atoms with Crippen molar-refractivity contribution in [3.63, 3.8) is 0 Å². The number of carboxylic acids is 2. The summed E-state index contributed by atoms with van der Waals surface area (Å²) in [4.78, 5) is 42.8. The maximum absolute atomic E-state index is 12.6. The second-order valence-electron chi connectivity index (χ2n) is 8.09. The lowest BCUT2D eigenvalue weighted by Crippen LogP contribution is -2.37. The first-order valence-corrected chi connectivity index (χ1v) is 11.0. The summed E-state index contributed by atoms with van der Waals surface area (Å²) in [6.45, 7) is 3.42. The molecule has 0 atom stereocenters. The minimum atomic E-state index is -5.08. The van der Waals surface area contributed by atoms with Crippen LogP contribution in [-0.2, 0) is 33.9 Å². The Labute approximate surface area is 218 Å². The van der Waals surface area contributed by atoms with Crippen molar-refractivity contribution in [2.75, 3.05) is 33.8 Å². The smallest absolute Gasteiger partial charge is 0.475 e. The molecule has 2 N–H and O–H groups in total. The van der Waals surface area contributed by atoms with E-state index in [0.717, 1.165) is 24.1 Å². The number of carbonyl (C=O) groups is 3. The molecule has 39 heavy (non-hydrogen) atoms. The number of hydrogen-bond donors (Lipinski definition) is 2. The molecule has 2 aromatic heterocycles. The normalized spacial score (nSPS) is 12.9. The van der Waals surface area contributed by atoms with Crippen LogP contribution in [0.5, 0.6) is 0 Å². The number of halogens is 6. The standard InChI is InChI=1S/C19H24N4O2.2C2HF3O2/c1-22(2)9-10-25-14-16-12-20-11-15-13-23(8-6-17(15)16)19(24)18-5-3-4-7-21-18;2*3-2(4,5)1(6)7/h3-5,7,11-12H,6,8-10,13-14H2,1-2H3;2*(H,6,7). The van der Waals surface area contributed by atoms with Gasteiger partial charge in [0.15, 0.2) is 0 Å². The number of carboxylic acid groups (broad SMARTS) is 2. The molecule has 0 saturated heterocycles. The summed E-state index contributed by atoms with van der Waals surface area (Å²) < 4.78 is 69.2. The number of ether oxygens (including phenoxy) is 1. The van der Waals surface area contributed by atoms with Crippen molar-refractivity contribution in [3.05, 3.63) is 59.2 Å². The number of nitrogens with zero attached hydrogens (tertiary/aromatic N) is 4. The Morgan fingerprint density at radius 3 is 2.10 bits per heavy atom. The van der Waals surface area contributed by atoms with Crippen molar-refractivity contribution in [2.45, 2.75) is 31.9 Å². The van der Waals surface area contributed by atoms with Gasteiger partial charge >= 0.3 is 24.3 Å². The van der Waals surface area contributed by atoms with Crippen LogP contribution >= 0.6 is 0 Å². The van der Waals surface area contributed by atoms with Gasteiger partial charge in [0.2, 0.25) is 0 Å². The van der Waals surface area contributed by atoms with E-state index in [1.165, 1.54) is 5.56 Å². The van der Waals surface area contributed by atoms with E-state index in [1.54, 1.807) is 12.3 Å². The van der Waals surface area contributed by atoms with E-state index in [-0.39, 0.29) is 5.91 Å². The van der Waals surface area contributed by atoms with Gasteiger partial charge in [-0.2, -0.15) is 26.3 Å². The molecule has 216 valence electrons. The van der Waals surface area contributed by atoms with Crippen molar-refractivity contribution in [1.29, 1.82) is 0 Å². The first-order valence-electron chi connectivity index (χ1n) is 11.0. The van der Waals surface area contributed by atoms with Crippen LogP contribution in [0.2, 0.25) is 0 Å². The van der Waals surface area contributed by atoms with Crippen LogP contribution in [-0.4, -0.2) is 94.0 Å². The van der Waals surface area contributed by atoms with E-state index in [9.17, 15) is 31.1 Å². The molecule has 2 aromatic rings. The van der Waals surface area contributed by atoms with Gasteiger partial charge in [-0.15, -0.1) is 0 Å². The summed E-state index contributed by atoms with van der Waals surface area (Å²) >= 11 is 0. The van der Waals surface area contributed by atoms with Gasteiger partial charge in [-0.25, -0.2) is 9.59 Å². The molecular weight excluding hydrogens is 542 g/mol. The minimum Gasteiger partial charge on any atom is -0.475 e. The topological polar surface area (TPSA) is 133 Å². The van der Waals surface area contributed by atoms with Gasteiger partial charge in [0.1, 0.15) is 5.69 Å². The first kappa shape index (κ1) is 33.2. The molecule has 1 amide bonds. The third kappa shape index (κ3) is 12.1. The van der Waals surface area contributed by atoms with Crippen molar-refractivity contribution in [3.8, 4) is 0 Å². The predicted octanol–water partition coefficient (Wildman–Crippen LogP) is 3.02. The summed E-state index contributed by atoms with van der Waals surface area (Å²) in [5.74, 6) is -5.54. The van der Waals surface area contributed by atoms with E-state index in [2.05, 4.69) is 14.9 Å². The lowest BCUT2D eigenvalue weighted by Gasteiger charge is -2.29. The number of aromatic nitrogens is 2. The maximum Gasteiger partial charge on any atom is 0.490 e. The van der Waals surface area contributed by atoms with Crippen molar-refractivity contribution < 1.29 is 55.7 Å². The zero-order valence-corrected chi connectivity index (χ0v) is 20.8. The molecule has 1 aliphatic heterocycles. The predicted molar refractivity (Wildman–Crippen MR) is 123 cm³/mol. The SMILES string of the molecule is CN(C)CCOCc1cncc2c1CCN(C(=O)c1ccccn1)C2.O=C(O)C(F)(F)F.O=C(O)C(F)(F)F. The molecule has 1 aliphatic rings. The molecule has 0 saturated carbocycles. The Hall–Kier alpha value is -3.79. The number of alkyl halides is 6. The average molecular weight is 568 g/mol. The highest BCUT2D eigenvalue weighted by Crippen LogP contribution is 2.23. The highest BCUT2D eigenvalue weighted by molar-refractivity contribution is 5.92. The highest BCUT2D eigenvalue weighted by atomic mass is 19.4. The van der Waals surface area contributed by atoms with Crippen molar-refractivity contribution >= 4 is 17.8 Å². The fourth-order valence-corrected chi connectivity index (χ4v) is 2.95. The third-order valence-electron chi connectivity index (χ3n) is 4.83. The molecule has 0 bridgehead atoms. The summed E-state index contributed by atoms with van der Waals surface area (Å²) in [6.07, 6.45) is -3.96. The van der Waals surface area contributed by atoms with Gasteiger partial charge in [-0.3, -0.25) is 14.8 Å². The second-order valence-corrected chi connectivity index (χ2v) is 8.09. The molecule has 0 fully saturated rings.